The molecule has 0 radical (unpaired) electrons. The molecule has 0 rings (SSSR count). The number of rotatable bonds is 7. The molecule has 2 N–H and O–H groups in total. The Balaban J connectivity index is 3.88. The van der Waals surface area contributed by atoms with Crippen molar-refractivity contribution in [3.8, 4) is 0 Å². The van der Waals surface area contributed by atoms with Crippen LogP contribution in [0.3, 0.4) is 0 Å². The molecular weight excluding hydrogens is 182 g/mol. The van der Waals surface area contributed by atoms with Crippen LogP contribution in [0.1, 0.15) is 33.1 Å². The Bertz CT molecular complexity index is 158. The summed E-state index contributed by atoms with van der Waals surface area (Å²) < 4.78 is 10.1. The minimum absolute atomic E-state index is 0.247. The molecule has 0 atom stereocenters. The standard InChI is InChI=1S/C10H21NO3/c1-4-10(5-2,8-11)14-7-6-9(12)13-3/h4-8,11H2,1-3H3. The second-order valence-corrected chi connectivity index (χ2v) is 3.27. The van der Waals surface area contributed by atoms with Crippen LogP contribution < -0.4 is 5.73 Å². The lowest BCUT2D eigenvalue weighted by molar-refractivity contribution is -0.143. The van der Waals surface area contributed by atoms with Crippen molar-refractivity contribution in [2.45, 2.75) is 38.7 Å². The number of esters is 1. The van der Waals surface area contributed by atoms with Crippen LogP contribution in [0.4, 0.5) is 0 Å². The van der Waals surface area contributed by atoms with Gasteiger partial charge in [-0.25, -0.2) is 0 Å². The SMILES string of the molecule is CCC(CC)(CN)OCCC(=O)OC. The summed E-state index contributed by atoms with van der Waals surface area (Å²) in [6, 6.07) is 0. The van der Waals surface area contributed by atoms with E-state index in [1.807, 2.05) is 13.8 Å². The molecule has 0 unspecified atom stereocenters. The van der Waals surface area contributed by atoms with Gasteiger partial charge in [-0.15, -0.1) is 0 Å². The highest BCUT2D eigenvalue weighted by molar-refractivity contribution is 5.69. The topological polar surface area (TPSA) is 61.5 Å². The zero-order valence-electron chi connectivity index (χ0n) is 9.34. The molecule has 0 aromatic carbocycles. The average Bonchev–Trinajstić information content (AvgIpc) is 2.25. The summed E-state index contributed by atoms with van der Waals surface area (Å²) in [6.45, 7) is 4.94. The molecule has 0 saturated heterocycles. The number of carbonyl (C=O) groups excluding carboxylic acids is 1. The van der Waals surface area contributed by atoms with Gasteiger partial charge in [-0.05, 0) is 12.8 Å². The largest absolute Gasteiger partial charge is 0.469 e. The normalized spacial score (nSPS) is 11.4. The first-order valence-corrected chi connectivity index (χ1v) is 5.05. The van der Waals surface area contributed by atoms with E-state index in [0.717, 1.165) is 12.8 Å². The third-order valence-electron chi connectivity index (χ3n) is 2.60. The van der Waals surface area contributed by atoms with Crippen LogP contribution in [-0.4, -0.2) is 31.8 Å². The lowest BCUT2D eigenvalue weighted by Crippen LogP contribution is -2.40. The molecule has 0 amide bonds. The van der Waals surface area contributed by atoms with E-state index in [1.165, 1.54) is 7.11 Å². The summed E-state index contributed by atoms with van der Waals surface area (Å²) in [7, 11) is 1.37. The Morgan fingerprint density at radius 1 is 1.36 bits per heavy atom. The van der Waals surface area contributed by atoms with Gasteiger partial charge in [0.1, 0.15) is 0 Å². The molecule has 0 fully saturated rings. The first-order chi connectivity index (χ1) is 6.64. The quantitative estimate of drug-likeness (QED) is 0.629. The molecule has 4 nitrogen and oxygen atoms in total. The van der Waals surface area contributed by atoms with Gasteiger partial charge in [0.25, 0.3) is 0 Å². The smallest absolute Gasteiger partial charge is 0.307 e. The number of hydrogen-bond acceptors (Lipinski definition) is 4. The third kappa shape index (κ3) is 4.07. The van der Waals surface area contributed by atoms with Crippen molar-refractivity contribution in [1.82, 2.24) is 0 Å². The van der Waals surface area contributed by atoms with Gasteiger partial charge in [0.15, 0.2) is 0 Å². The van der Waals surface area contributed by atoms with Crippen molar-refractivity contribution in [3.63, 3.8) is 0 Å². The fraction of sp³-hybridized carbons (Fsp3) is 0.900. The summed E-state index contributed by atoms with van der Waals surface area (Å²) >= 11 is 0. The molecule has 0 aliphatic carbocycles. The van der Waals surface area contributed by atoms with Gasteiger partial charge < -0.3 is 15.2 Å². The molecule has 0 saturated carbocycles. The maximum absolute atomic E-state index is 10.8. The van der Waals surface area contributed by atoms with E-state index in [1.54, 1.807) is 0 Å². The third-order valence-corrected chi connectivity index (χ3v) is 2.60. The van der Waals surface area contributed by atoms with E-state index in [9.17, 15) is 4.79 Å². The summed E-state index contributed by atoms with van der Waals surface area (Å²) in [5.41, 5.74) is 5.37. The average molecular weight is 203 g/mol. The van der Waals surface area contributed by atoms with Crippen LogP contribution >= 0.6 is 0 Å². The predicted molar refractivity (Wildman–Crippen MR) is 55.0 cm³/mol. The Kier molecular flexibility index (Phi) is 6.49. The predicted octanol–water partition coefficient (Wildman–Crippen LogP) is 1.08. The maximum atomic E-state index is 10.8. The van der Waals surface area contributed by atoms with E-state index < -0.39 is 0 Å². The lowest BCUT2D eigenvalue weighted by atomic mass is 9.97. The van der Waals surface area contributed by atoms with Gasteiger partial charge in [0.05, 0.1) is 25.7 Å². The van der Waals surface area contributed by atoms with Gasteiger partial charge >= 0.3 is 5.97 Å². The first-order valence-electron chi connectivity index (χ1n) is 5.05. The van der Waals surface area contributed by atoms with Gasteiger partial charge in [-0.1, -0.05) is 13.8 Å². The highest BCUT2D eigenvalue weighted by Crippen LogP contribution is 2.18. The van der Waals surface area contributed by atoms with Crippen LogP contribution in [0, 0.1) is 0 Å². The minimum atomic E-state index is -0.270. The highest BCUT2D eigenvalue weighted by Gasteiger charge is 2.24. The zero-order valence-corrected chi connectivity index (χ0v) is 9.34. The molecular formula is C10H21NO3. The monoisotopic (exact) mass is 203 g/mol. The Labute approximate surface area is 85.8 Å². The molecule has 0 aliphatic rings. The number of methoxy groups -OCH3 is 1. The number of hydrogen-bond donors (Lipinski definition) is 1. The molecule has 4 heteroatoms. The van der Waals surface area contributed by atoms with E-state index in [0.29, 0.717) is 13.2 Å². The number of carbonyl (C=O) groups is 1. The molecule has 0 aliphatic heterocycles. The van der Waals surface area contributed by atoms with Crippen LogP contribution in [0.5, 0.6) is 0 Å². The van der Waals surface area contributed by atoms with Crippen LogP contribution in [0.15, 0.2) is 0 Å². The molecule has 84 valence electrons. The molecule has 0 aromatic heterocycles. The van der Waals surface area contributed by atoms with E-state index in [4.69, 9.17) is 10.5 Å². The first kappa shape index (κ1) is 13.4. The Hall–Kier alpha value is -0.610. The number of nitrogens with two attached hydrogens (primary N) is 1. The second-order valence-electron chi connectivity index (χ2n) is 3.27. The van der Waals surface area contributed by atoms with Crippen molar-refractivity contribution in [3.05, 3.63) is 0 Å². The van der Waals surface area contributed by atoms with Crippen molar-refractivity contribution in [2.75, 3.05) is 20.3 Å². The van der Waals surface area contributed by atoms with E-state index in [2.05, 4.69) is 4.74 Å². The second kappa shape index (κ2) is 6.79. The molecule has 0 heterocycles. The van der Waals surface area contributed by atoms with Crippen LogP contribution in [0.25, 0.3) is 0 Å². The summed E-state index contributed by atoms with van der Waals surface area (Å²) in [6.07, 6.45) is 2.01. The van der Waals surface area contributed by atoms with Crippen LogP contribution in [-0.2, 0) is 14.3 Å². The summed E-state index contributed by atoms with van der Waals surface area (Å²) in [5.74, 6) is -0.247. The van der Waals surface area contributed by atoms with Crippen molar-refractivity contribution < 1.29 is 14.3 Å². The Morgan fingerprint density at radius 2 is 1.93 bits per heavy atom. The van der Waals surface area contributed by atoms with Crippen molar-refractivity contribution >= 4 is 5.97 Å². The van der Waals surface area contributed by atoms with Crippen molar-refractivity contribution in [2.24, 2.45) is 5.73 Å². The van der Waals surface area contributed by atoms with Crippen molar-refractivity contribution in [1.29, 1.82) is 0 Å². The van der Waals surface area contributed by atoms with Gasteiger partial charge in [0.2, 0.25) is 0 Å². The van der Waals surface area contributed by atoms with E-state index in [-0.39, 0.29) is 18.0 Å². The summed E-state index contributed by atoms with van der Waals surface area (Å²) in [4.78, 5) is 10.8. The highest BCUT2D eigenvalue weighted by atomic mass is 16.5. The molecule has 0 spiro atoms. The molecule has 0 aromatic rings. The maximum Gasteiger partial charge on any atom is 0.307 e. The summed E-state index contributed by atoms with van der Waals surface area (Å²) in [5, 5.41) is 0. The van der Waals surface area contributed by atoms with Gasteiger partial charge in [-0.2, -0.15) is 0 Å². The van der Waals surface area contributed by atoms with Crippen LogP contribution in [0.2, 0.25) is 0 Å². The molecule has 14 heavy (non-hydrogen) atoms. The lowest BCUT2D eigenvalue weighted by Gasteiger charge is -2.30. The minimum Gasteiger partial charge on any atom is -0.469 e. The van der Waals surface area contributed by atoms with E-state index >= 15 is 0 Å². The fourth-order valence-corrected chi connectivity index (χ4v) is 1.25. The Morgan fingerprint density at radius 3 is 2.29 bits per heavy atom. The number of ether oxygens (including phenoxy) is 2. The fourth-order valence-electron chi connectivity index (χ4n) is 1.25. The van der Waals surface area contributed by atoms with Gasteiger partial charge in [0, 0.05) is 6.54 Å². The van der Waals surface area contributed by atoms with Gasteiger partial charge in [-0.3, -0.25) is 4.79 Å². The molecule has 0 bridgehead atoms. The zero-order chi connectivity index (χ0) is 11.0.